The quantitative estimate of drug-likeness (QED) is 0.910. The van der Waals surface area contributed by atoms with Crippen molar-refractivity contribution in [1.29, 1.82) is 0 Å². The molecular weight excluding hydrogens is 240 g/mol. The van der Waals surface area contributed by atoms with Crippen molar-refractivity contribution >= 4 is 0 Å². The van der Waals surface area contributed by atoms with Crippen LogP contribution < -0.4 is 0 Å². The molecule has 0 aliphatic heterocycles. The maximum Gasteiger partial charge on any atom is 0.208 e. The molecular formula is C15H26N2O2. The molecule has 2 unspecified atom stereocenters. The summed E-state index contributed by atoms with van der Waals surface area (Å²) in [5.74, 6) is 2.10. The molecule has 4 heteroatoms. The first-order valence-corrected chi connectivity index (χ1v) is 7.18. The van der Waals surface area contributed by atoms with Crippen LogP contribution in [0.5, 0.6) is 0 Å². The second-order valence-electron chi connectivity index (χ2n) is 6.82. The van der Waals surface area contributed by atoms with Gasteiger partial charge in [-0.3, -0.25) is 4.90 Å². The Hall–Kier alpha value is -0.870. The molecule has 0 saturated heterocycles. The van der Waals surface area contributed by atoms with E-state index >= 15 is 0 Å². The zero-order chi connectivity index (χ0) is 14.0. The number of rotatable bonds is 4. The minimum absolute atomic E-state index is 0.00542. The van der Waals surface area contributed by atoms with Crippen molar-refractivity contribution in [2.75, 3.05) is 13.6 Å². The van der Waals surface area contributed by atoms with Gasteiger partial charge < -0.3 is 9.52 Å². The van der Waals surface area contributed by atoms with Crippen molar-refractivity contribution in [2.45, 2.75) is 58.1 Å². The Morgan fingerprint density at radius 3 is 2.68 bits per heavy atom. The zero-order valence-electron chi connectivity index (χ0n) is 12.5. The highest BCUT2D eigenvalue weighted by molar-refractivity contribution is 5.05. The number of nitrogens with zero attached hydrogens (tertiary/aromatic N) is 2. The van der Waals surface area contributed by atoms with Crippen molar-refractivity contribution in [3.05, 3.63) is 17.8 Å². The number of aliphatic hydroxyl groups excluding tert-OH is 1. The van der Waals surface area contributed by atoms with E-state index in [1.165, 1.54) is 0 Å². The number of oxazole rings is 1. The summed E-state index contributed by atoms with van der Waals surface area (Å²) in [5, 5.41) is 9.85. The van der Waals surface area contributed by atoms with Gasteiger partial charge in [0.15, 0.2) is 0 Å². The lowest BCUT2D eigenvalue weighted by Gasteiger charge is -2.21. The van der Waals surface area contributed by atoms with E-state index in [2.05, 4.69) is 37.7 Å². The molecule has 4 nitrogen and oxygen atoms in total. The number of hydrogen-bond donors (Lipinski definition) is 1. The fourth-order valence-electron chi connectivity index (χ4n) is 2.66. The summed E-state index contributed by atoms with van der Waals surface area (Å²) in [6.07, 6.45) is 4.92. The molecule has 2 atom stereocenters. The monoisotopic (exact) mass is 266 g/mol. The standard InChI is InChI=1S/C15H26N2O2/c1-15(2,3)13-8-16-14(19-13)10-17(4)9-11-6-5-7-12(11)18/h8,11-12,18H,5-7,9-10H2,1-4H3. The van der Waals surface area contributed by atoms with Gasteiger partial charge in [0, 0.05) is 12.0 Å². The topological polar surface area (TPSA) is 49.5 Å². The molecule has 0 radical (unpaired) electrons. The molecule has 2 rings (SSSR count). The van der Waals surface area contributed by atoms with Gasteiger partial charge in [0.05, 0.1) is 18.8 Å². The van der Waals surface area contributed by atoms with Crippen LogP contribution in [0.4, 0.5) is 0 Å². The van der Waals surface area contributed by atoms with Crippen LogP contribution in [-0.4, -0.2) is 34.7 Å². The van der Waals surface area contributed by atoms with Crippen LogP contribution in [-0.2, 0) is 12.0 Å². The van der Waals surface area contributed by atoms with Crippen LogP contribution >= 0.6 is 0 Å². The van der Waals surface area contributed by atoms with Crippen LogP contribution in [0.25, 0.3) is 0 Å². The van der Waals surface area contributed by atoms with Crippen molar-refractivity contribution in [2.24, 2.45) is 5.92 Å². The second-order valence-corrected chi connectivity index (χ2v) is 6.82. The maximum atomic E-state index is 9.85. The molecule has 1 aromatic rings. The zero-order valence-corrected chi connectivity index (χ0v) is 12.5. The van der Waals surface area contributed by atoms with Gasteiger partial charge in [-0.25, -0.2) is 4.98 Å². The van der Waals surface area contributed by atoms with E-state index in [9.17, 15) is 5.11 Å². The van der Waals surface area contributed by atoms with E-state index in [1.807, 2.05) is 6.20 Å². The van der Waals surface area contributed by atoms with Crippen LogP contribution in [0.2, 0.25) is 0 Å². The summed E-state index contributed by atoms with van der Waals surface area (Å²) in [6, 6.07) is 0. The SMILES string of the molecule is CN(Cc1ncc(C(C)(C)C)o1)CC1CCCC1O. The summed E-state index contributed by atoms with van der Waals surface area (Å²) >= 11 is 0. The Labute approximate surface area is 115 Å². The lowest BCUT2D eigenvalue weighted by atomic mass is 9.94. The first-order valence-electron chi connectivity index (χ1n) is 7.18. The highest BCUT2D eigenvalue weighted by Gasteiger charge is 2.26. The molecule has 0 amide bonds. The van der Waals surface area contributed by atoms with Crippen LogP contribution in [0.15, 0.2) is 10.6 Å². The minimum atomic E-state index is -0.128. The van der Waals surface area contributed by atoms with Gasteiger partial charge in [0.2, 0.25) is 5.89 Å². The minimum Gasteiger partial charge on any atom is -0.444 e. The van der Waals surface area contributed by atoms with Crippen LogP contribution in [0.1, 0.15) is 51.7 Å². The predicted octanol–water partition coefficient (Wildman–Crippen LogP) is 2.56. The molecule has 1 aromatic heterocycles. The first-order chi connectivity index (χ1) is 8.86. The summed E-state index contributed by atoms with van der Waals surface area (Å²) in [6.45, 7) is 7.98. The largest absolute Gasteiger partial charge is 0.444 e. The van der Waals surface area contributed by atoms with Gasteiger partial charge in [-0.2, -0.15) is 0 Å². The number of aliphatic hydroxyl groups is 1. The Bertz CT molecular complexity index is 409. The maximum absolute atomic E-state index is 9.85. The fraction of sp³-hybridized carbons (Fsp3) is 0.800. The average molecular weight is 266 g/mol. The molecule has 1 saturated carbocycles. The highest BCUT2D eigenvalue weighted by atomic mass is 16.4. The van der Waals surface area contributed by atoms with Gasteiger partial charge in [0.25, 0.3) is 0 Å². The van der Waals surface area contributed by atoms with E-state index in [-0.39, 0.29) is 11.5 Å². The molecule has 0 bridgehead atoms. The lowest BCUT2D eigenvalue weighted by molar-refractivity contribution is 0.105. The summed E-state index contributed by atoms with van der Waals surface area (Å²) in [4.78, 5) is 6.54. The summed E-state index contributed by atoms with van der Waals surface area (Å²) in [7, 11) is 2.06. The van der Waals surface area contributed by atoms with Gasteiger partial charge in [0.1, 0.15) is 5.76 Å². The second kappa shape index (κ2) is 5.63. The molecule has 1 aliphatic rings. The normalized spacial score (nSPS) is 24.3. The summed E-state index contributed by atoms with van der Waals surface area (Å²) in [5.41, 5.74) is 0.00542. The number of aromatic nitrogens is 1. The van der Waals surface area contributed by atoms with Crippen molar-refractivity contribution in [3.8, 4) is 0 Å². The van der Waals surface area contributed by atoms with E-state index in [0.29, 0.717) is 12.5 Å². The van der Waals surface area contributed by atoms with Crippen molar-refractivity contribution in [1.82, 2.24) is 9.88 Å². The third-order valence-electron chi connectivity index (χ3n) is 3.86. The third-order valence-corrected chi connectivity index (χ3v) is 3.86. The average Bonchev–Trinajstić information content (AvgIpc) is 2.88. The summed E-state index contributed by atoms with van der Waals surface area (Å²) < 4.78 is 5.79. The van der Waals surface area contributed by atoms with E-state index in [4.69, 9.17) is 4.42 Å². The van der Waals surface area contributed by atoms with Gasteiger partial charge in [-0.1, -0.05) is 27.2 Å². The van der Waals surface area contributed by atoms with Gasteiger partial charge in [-0.05, 0) is 25.8 Å². The van der Waals surface area contributed by atoms with E-state index < -0.39 is 0 Å². The van der Waals surface area contributed by atoms with Gasteiger partial charge in [-0.15, -0.1) is 0 Å². The molecule has 1 heterocycles. The third kappa shape index (κ3) is 3.80. The first kappa shape index (κ1) is 14.5. The van der Waals surface area contributed by atoms with E-state index in [1.54, 1.807) is 0 Å². The number of hydrogen-bond acceptors (Lipinski definition) is 4. The molecule has 1 N–H and O–H groups in total. The molecule has 1 aliphatic carbocycles. The molecule has 0 aromatic carbocycles. The Balaban J connectivity index is 1.88. The van der Waals surface area contributed by atoms with E-state index in [0.717, 1.165) is 37.5 Å². The molecule has 19 heavy (non-hydrogen) atoms. The molecule has 108 valence electrons. The molecule has 0 spiro atoms. The highest BCUT2D eigenvalue weighted by Crippen LogP contribution is 2.27. The Morgan fingerprint density at radius 1 is 1.42 bits per heavy atom. The van der Waals surface area contributed by atoms with Gasteiger partial charge >= 0.3 is 0 Å². The van der Waals surface area contributed by atoms with Crippen molar-refractivity contribution in [3.63, 3.8) is 0 Å². The lowest BCUT2D eigenvalue weighted by Crippen LogP contribution is -2.29. The van der Waals surface area contributed by atoms with Crippen molar-refractivity contribution < 1.29 is 9.52 Å². The Kier molecular flexibility index (Phi) is 4.31. The van der Waals surface area contributed by atoms with Crippen LogP contribution in [0.3, 0.4) is 0 Å². The smallest absolute Gasteiger partial charge is 0.208 e. The fourth-order valence-corrected chi connectivity index (χ4v) is 2.66. The predicted molar refractivity (Wildman–Crippen MR) is 74.9 cm³/mol. The molecule has 1 fully saturated rings. The Morgan fingerprint density at radius 2 is 2.16 bits per heavy atom. The van der Waals surface area contributed by atoms with Crippen LogP contribution in [0, 0.1) is 5.92 Å².